The maximum atomic E-state index is 5.79. The first kappa shape index (κ1) is 17.7. The van der Waals surface area contributed by atoms with Crippen LogP contribution in [0.3, 0.4) is 0 Å². The molecule has 5 rings (SSSR count). The van der Waals surface area contributed by atoms with Crippen LogP contribution in [0.25, 0.3) is 10.9 Å². The smallest absolute Gasteiger partial charge is 0.220 e. The quantitative estimate of drug-likeness (QED) is 0.731. The van der Waals surface area contributed by atoms with Crippen LogP contribution in [0.5, 0.6) is 0 Å². The Kier molecular flexibility index (Phi) is 4.16. The number of nitrogens with one attached hydrogen (secondary N) is 1. The van der Waals surface area contributed by atoms with Gasteiger partial charge in [-0.25, -0.2) is 9.97 Å². The number of H-pyrrole nitrogens is 1. The summed E-state index contributed by atoms with van der Waals surface area (Å²) in [6, 6.07) is 7.39. The summed E-state index contributed by atoms with van der Waals surface area (Å²) >= 11 is 0. The third-order valence-corrected chi connectivity index (χ3v) is 7.05. The van der Waals surface area contributed by atoms with Gasteiger partial charge in [-0.3, -0.25) is 0 Å². The summed E-state index contributed by atoms with van der Waals surface area (Å²) in [7, 11) is 2.31. The molecule has 1 aliphatic carbocycles. The minimum absolute atomic E-state index is 0.386. The van der Waals surface area contributed by atoms with Gasteiger partial charge in [0.05, 0.1) is 0 Å². The van der Waals surface area contributed by atoms with Gasteiger partial charge >= 0.3 is 0 Å². The molecule has 146 valence electrons. The van der Waals surface area contributed by atoms with E-state index in [1.54, 1.807) is 5.56 Å². The van der Waals surface area contributed by atoms with Gasteiger partial charge in [-0.15, -0.1) is 0 Å². The molecular weight excluding hydrogens is 346 g/mol. The van der Waals surface area contributed by atoms with Gasteiger partial charge in [0.25, 0.3) is 0 Å². The van der Waals surface area contributed by atoms with Crippen molar-refractivity contribution in [3.05, 3.63) is 52.5 Å². The van der Waals surface area contributed by atoms with Crippen molar-refractivity contribution < 1.29 is 0 Å². The number of nitrogen functional groups attached to an aromatic ring is 1. The summed E-state index contributed by atoms with van der Waals surface area (Å²) in [5.74, 6) is 1.70. The van der Waals surface area contributed by atoms with Crippen molar-refractivity contribution in [3.63, 3.8) is 0 Å². The molecule has 1 saturated heterocycles. The molecule has 1 aromatic carbocycles. The minimum Gasteiger partial charge on any atom is -0.368 e. The molecule has 3 heterocycles. The number of aryl methyl sites for hydroxylation is 2. The zero-order chi connectivity index (χ0) is 19.4. The largest absolute Gasteiger partial charge is 0.368 e. The number of aromatic nitrogens is 3. The van der Waals surface area contributed by atoms with Crippen LogP contribution in [0.2, 0.25) is 0 Å². The zero-order valence-corrected chi connectivity index (χ0v) is 17.0. The lowest BCUT2D eigenvalue weighted by atomic mass is 9.71. The fourth-order valence-electron chi connectivity index (χ4n) is 5.74. The first-order valence-electron chi connectivity index (χ1n) is 10.4. The number of nitrogens with zero attached hydrogens (tertiary/aromatic N) is 3. The number of hydrogen-bond donors (Lipinski definition) is 2. The summed E-state index contributed by atoms with van der Waals surface area (Å²) < 4.78 is 0. The Morgan fingerprint density at radius 2 is 2.00 bits per heavy atom. The SMILES string of the molecule is Cc1nc(N)nc(C)c1CCC1C[C@@H]2c3cccc4[nH]cc(c34)C[C@H]2N(C)C1. The Balaban J connectivity index is 1.39. The van der Waals surface area contributed by atoms with E-state index >= 15 is 0 Å². The lowest BCUT2D eigenvalue weighted by Crippen LogP contribution is -2.47. The van der Waals surface area contributed by atoms with Gasteiger partial charge < -0.3 is 15.6 Å². The Hall–Kier alpha value is -2.40. The van der Waals surface area contributed by atoms with Crippen molar-refractivity contribution in [1.29, 1.82) is 0 Å². The number of piperidine rings is 1. The maximum Gasteiger partial charge on any atom is 0.220 e. The monoisotopic (exact) mass is 375 g/mol. The molecule has 3 atom stereocenters. The molecule has 0 bridgehead atoms. The number of anilines is 1. The second-order valence-corrected chi connectivity index (χ2v) is 8.77. The molecule has 1 aliphatic heterocycles. The third-order valence-electron chi connectivity index (χ3n) is 7.05. The molecule has 3 N–H and O–H groups in total. The van der Waals surface area contributed by atoms with Crippen LogP contribution in [0, 0.1) is 19.8 Å². The van der Waals surface area contributed by atoms with Crippen molar-refractivity contribution >= 4 is 16.9 Å². The van der Waals surface area contributed by atoms with E-state index in [1.807, 2.05) is 0 Å². The summed E-state index contributed by atoms with van der Waals surface area (Å²) in [5, 5.41) is 1.48. The van der Waals surface area contributed by atoms with Gasteiger partial charge in [-0.2, -0.15) is 0 Å². The van der Waals surface area contributed by atoms with Crippen molar-refractivity contribution in [2.45, 2.75) is 51.5 Å². The highest BCUT2D eigenvalue weighted by Gasteiger charge is 2.39. The Labute approximate surface area is 166 Å². The molecule has 1 unspecified atom stereocenters. The van der Waals surface area contributed by atoms with Gasteiger partial charge in [0, 0.05) is 47.0 Å². The molecular formula is C23H29N5. The van der Waals surface area contributed by atoms with Crippen molar-refractivity contribution in [3.8, 4) is 0 Å². The molecule has 3 aromatic rings. The van der Waals surface area contributed by atoms with Crippen molar-refractivity contribution in [2.24, 2.45) is 5.92 Å². The number of aromatic amines is 1. The Morgan fingerprint density at radius 3 is 2.79 bits per heavy atom. The van der Waals surface area contributed by atoms with E-state index in [9.17, 15) is 0 Å². The Morgan fingerprint density at radius 1 is 1.21 bits per heavy atom. The molecule has 28 heavy (non-hydrogen) atoms. The molecule has 5 nitrogen and oxygen atoms in total. The number of likely N-dealkylation sites (tertiary alicyclic amines) is 1. The summed E-state index contributed by atoms with van der Waals surface area (Å²) in [6.45, 7) is 5.28. The molecule has 0 radical (unpaired) electrons. The predicted molar refractivity (Wildman–Crippen MR) is 114 cm³/mol. The first-order valence-corrected chi connectivity index (χ1v) is 10.4. The van der Waals surface area contributed by atoms with Gasteiger partial charge in [-0.1, -0.05) is 12.1 Å². The number of likely N-dealkylation sites (N-methyl/N-ethyl adjacent to an activating group) is 1. The fourth-order valence-corrected chi connectivity index (χ4v) is 5.74. The third kappa shape index (κ3) is 2.80. The number of hydrogen-bond acceptors (Lipinski definition) is 4. The fraction of sp³-hybridized carbons (Fsp3) is 0.478. The van der Waals surface area contributed by atoms with E-state index in [1.165, 1.54) is 41.4 Å². The van der Waals surface area contributed by atoms with Gasteiger partial charge in [0.15, 0.2) is 0 Å². The number of rotatable bonds is 3. The topological polar surface area (TPSA) is 70.8 Å². The van der Waals surface area contributed by atoms with Crippen LogP contribution in [0.15, 0.2) is 24.4 Å². The van der Waals surface area contributed by atoms with Crippen molar-refractivity contribution in [1.82, 2.24) is 19.9 Å². The average Bonchev–Trinajstić information content (AvgIpc) is 3.06. The summed E-state index contributed by atoms with van der Waals surface area (Å²) in [6.07, 6.45) is 6.87. The summed E-state index contributed by atoms with van der Waals surface area (Å²) in [5.41, 5.74) is 13.5. The van der Waals surface area contributed by atoms with Gasteiger partial charge in [0.1, 0.15) is 0 Å². The Bertz CT molecular complexity index is 1010. The molecule has 2 aliphatic rings. The van der Waals surface area contributed by atoms with Crippen LogP contribution in [-0.2, 0) is 12.8 Å². The highest BCUT2D eigenvalue weighted by molar-refractivity contribution is 5.88. The molecule has 0 spiro atoms. The average molecular weight is 376 g/mol. The van der Waals surface area contributed by atoms with E-state index in [0.29, 0.717) is 23.8 Å². The van der Waals surface area contributed by atoms with E-state index in [2.05, 4.69) is 65.1 Å². The number of benzene rings is 1. The summed E-state index contributed by atoms with van der Waals surface area (Å²) in [4.78, 5) is 14.8. The van der Waals surface area contributed by atoms with Crippen LogP contribution in [0.4, 0.5) is 5.95 Å². The molecule has 0 amide bonds. The van der Waals surface area contributed by atoms with Crippen LogP contribution < -0.4 is 5.73 Å². The van der Waals surface area contributed by atoms with Crippen LogP contribution in [-0.4, -0.2) is 39.5 Å². The van der Waals surface area contributed by atoms with Crippen molar-refractivity contribution in [2.75, 3.05) is 19.3 Å². The molecule has 5 heteroatoms. The van der Waals surface area contributed by atoms with Crippen LogP contribution >= 0.6 is 0 Å². The zero-order valence-electron chi connectivity index (χ0n) is 17.0. The lowest BCUT2D eigenvalue weighted by molar-refractivity contribution is 0.108. The van der Waals surface area contributed by atoms with Gasteiger partial charge in [0.2, 0.25) is 5.95 Å². The second kappa shape index (κ2) is 6.59. The first-order chi connectivity index (χ1) is 13.5. The van der Waals surface area contributed by atoms with E-state index in [-0.39, 0.29) is 0 Å². The van der Waals surface area contributed by atoms with Crippen LogP contribution in [0.1, 0.15) is 46.8 Å². The highest BCUT2D eigenvalue weighted by Crippen LogP contribution is 2.45. The minimum atomic E-state index is 0.386. The second-order valence-electron chi connectivity index (χ2n) is 8.77. The van der Waals surface area contributed by atoms with Gasteiger partial charge in [-0.05, 0) is 75.3 Å². The normalized spacial score (nSPS) is 24.5. The maximum absolute atomic E-state index is 5.79. The van der Waals surface area contributed by atoms with E-state index < -0.39 is 0 Å². The number of fused-ring (bicyclic) bond motifs is 2. The molecule has 0 saturated carbocycles. The predicted octanol–water partition coefficient (Wildman–Crippen LogP) is 3.75. The highest BCUT2D eigenvalue weighted by atomic mass is 15.1. The standard InChI is InChI=1S/C23H29N5/c1-13-17(14(2)27-23(24)26-13)8-7-15-9-19-18-5-4-6-20-22(18)16(11-25-20)10-21(19)28(3)12-15/h4-6,11,15,19,21,25H,7-10,12H2,1-3H3,(H2,24,26,27)/t15?,19-,21-/m1/s1. The molecule has 2 aromatic heterocycles. The number of nitrogens with two attached hydrogens (primary N) is 1. The molecule has 1 fully saturated rings. The lowest BCUT2D eigenvalue weighted by Gasteiger charge is -2.45. The van der Waals surface area contributed by atoms with E-state index in [0.717, 1.165) is 24.2 Å². The van der Waals surface area contributed by atoms with E-state index in [4.69, 9.17) is 5.73 Å².